The van der Waals surface area contributed by atoms with Crippen molar-refractivity contribution < 1.29 is 9.72 Å². The van der Waals surface area contributed by atoms with Crippen LogP contribution >= 0.6 is 11.6 Å². The predicted molar refractivity (Wildman–Crippen MR) is 129 cm³/mol. The zero-order valence-electron chi connectivity index (χ0n) is 19.3. The molecule has 0 N–H and O–H groups in total. The molecule has 0 saturated heterocycles. The molecule has 1 atom stereocenters. The molecule has 0 aliphatic heterocycles. The molecule has 3 aromatic rings. The Morgan fingerprint density at radius 3 is 2.52 bits per heavy atom. The summed E-state index contributed by atoms with van der Waals surface area (Å²) in [5.74, 6) is 0.198. The fraction of sp³-hybridized carbons (Fsp3) is 0.375. The highest BCUT2D eigenvalue weighted by atomic mass is 35.5. The number of benzene rings is 2. The molecule has 174 valence electrons. The molecule has 0 aliphatic carbocycles. The van der Waals surface area contributed by atoms with Crippen molar-refractivity contribution in [1.82, 2.24) is 14.5 Å². The third kappa shape index (κ3) is 4.90. The van der Waals surface area contributed by atoms with E-state index in [0.717, 1.165) is 0 Å². The van der Waals surface area contributed by atoms with Crippen LogP contribution in [-0.4, -0.2) is 31.8 Å². The minimum absolute atomic E-state index is 0.109. The number of nitro groups is 1. The number of hydrogen-bond donors (Lipinski definition) is 0. The van der Waals surface area contributed by atoms with Crippen molar-refractivity contribution in [3.63, 3.8) is 0 Å². The van der Waals surface area contributed by atoms with Gasteiger partial charge < -0.3 is 4.90 Å². The van der Waals surface area contributed by atoms with Gasteiger partial charge in [-0.05, 0) is 51.0 Å². The van der Waals surface area contributed by atoms with E-state index in [1.165, 1.54) is 6.07 Å². The smallest absolute Gasteiger partial charge is 0.273 e. The van der Waals surface area contributed by atoms with Gasteiger partial charge in [-0.1, -0.05) is 31.5 Å². The minimum Gasteiger partial charge on any atom is -0.328 e. The van der Waals surface area contributed by atoms with Crippen LogP contribution in [0.25, 0.3) is 10.9 Å². The van der Waals surface area contributed by atoms with Gasteiger partial charge in [0.25, 0.3) is 17.2 Å². The molecule has 1 unspecified atom stereocenters. The van der Waals surface area contributed by atoms with Crippen molar-refractivity contribution in [3.8, 4) is 0 Å². The lowest BCUT2D eigenvalue weighted by Gasteiger charge is -2.32. The van der Waals surface area contributed by atoms with Crippen molar-refractivity contribution in [2.75, 3.05) is 6.54 Å². The molecule has 1 aromatic heterocycles. The van der Waals surface area contributed by atoms with Gasteiger partial charge in [0.15, 0.2) is 0 Å². The Hall–Kier alpha value is -3.26. The molecule has 0 saturated carbocycles. The number of halogens is 1. The number of rotatable bonds is 7. The summed E-state index contributed by atoms with van der Waals surface area (Å²) in [6.07, 6.45) is 0. The maximum atomic E-state index is 13.6. The molecule has 3 rings (SSSR count). The Morgan fingerprint density at radius 1 is 1.21 bits per heavy atom. The van der Waals surface area contributed by atoms with Crippen molar-refractivity contribution in [2.24, 2.45) is 5.92 Å². The van der Waals surface area contributed by atoms with Gasteiger partial charge in [-0.2, -0.15) is 0 Å². The standard InChI is InChI=1S/C24H27ClN4O4/c1-6-27-22(26-20-12-18(25)9-10-19(20)24(27)31)16(5)28(13-14(2)3)23(30)17-8-7-15(4)21(11-17)29(32)33/h7-12,14,16H,6,13H2,1-5H3. The summed E-state index contributed by atoms with van der Waals surface area (Å²) >= 11 is 6.12. The first-order valence-corrected chi connectivity index (χ1v) is 11.2. The molecular formula is C24H27ClN4O4. The summed E-state index contributed by atoms with van der Waals surface area (Å²) in [7, 11) is 0. The molecule has 1 heterocycles. The first-order chi connectivity index (χ1) is 15.5. The van der Waals surface area contributed by atoms with E-state index in [0.29, 0.717) is 40.4 Å². The largest absolute Gasteiger partial charge is 0.328 e. The molecule has 33 heavy (non-hydrogen) atoms. The lowest BCUT2D eigenvalue weighted by Crippen LogP contribution is -2.39. The Kier molecular flexibility index (Phi) is 7.17. The van der Waals surface area contributed by atoms with E-state index in [-0.39, 0.29) is 28.6 Å². The van der Waals surface area contributed by atoms with E-state index in [1.54, 1.807) is 46.7 Å². The molecule has 1 amide bonds. The second-order valence-electron chi connectivity index (χ2n) is 8.47. The fourth-order valence-electron chi connectivity index (χ4n) is 3.89. The van der Waals surface area contributed by atoms with Crippen LogP contribution < -0.4 is 5.56 Å². The van der Waals surface area contributed by atoms with E-state index in [4.69, 9.17) is 16.6 Å². The van der Waals surface area contributed by atoms with Gasteiger partial charge in [-0.15, -0.1) is 0 Å². The first-order valence-electron chi connectivity index (χ1n) is 10.8. The van der Waals surface area contributed by atoms with Gasteiger partial charge in [-0.3, -0.25) is 24.3 Å². The van der Waals surface area contributed by atoms with Gasteiger partial charge in [0.1, 0.15) is 5.82 Å². The molecule has 0 bridgehead atoms. The molecular weight excluding hydrogens is 444 g/mol. The van der Waals surface area contributed by atoms with Crippen LogP contribution in [0.15, 0.2) is 41.2 Å². The highest BCUT2D eigenvalue weighted by molar-refractivity contribution is 6.31. The summed E-state index contributed by atoms with van der Waals surface area (Å²) in [6.45, 7) is 10.0. The monoisotopic (exact) mass is 470 g/mol. The summed E-state index contributed by atoms with van der Waals surface area (Å²) < 4.78 is 1.55. The summed E-state index contributed by atoms with van der Waals surface area (Å²) in [5, 5.41) is 12.3. The van der Waals surface area contributed by atoms with Crippen molar-refractivity contribution in [1.29, 1.82) is 0 Å². The van der Waals surface area contributed by atoms with Gasteiger partial charge in [-0.25, -0.2) is 4.98 Å². The normalized spacial score (nSPS) is 12.2. The predicted octanol–water partition coefficient (Wildman–Crippen LogP) is 5.15. The average Bonchev–Trinajstić information content (AvgIpc) is 2.76. The molecule has 0 fully saturated rings. The number of nitrogens with zero attached hydrogens (tertiary/aromatic N) is 4. The minimum atomic E-state index is -0.559. The number of carbonyl (C=O) groups excluding carboxylic acids is 1. The van der Waals surface area contributed by atoms with Crippen LogP contribution in [-0.2, 0) is 6.54 Å². The average molecular weight is 471 g/mol. The zero-order valence-corrected chi connectivity index (χ0v) is 20.1. The Morgan fingerprint density at radius 2 is 1.91 bits per heavy atom. The van der Waals surface area contributed by atoms with Crippen LogP contribution in [0.5, 0.6) is 0 Å². The van der Waals surface area contributed by atoms with E-state index < -0.39 is 11.0 Å². The highest BCUT2D eigenvalue weighted by Crippen LogP contribution is 2.26. The molecule has 0 aliphatic rings. The Labute approximate surface area is 197 Å². The molecule has 2 aromatic carbocycles. The quantitative estimate of drug-likeness (QED) is 0.351. The lowest BCUT2D eigenvalue weighted by molar-refractivity contribution is -0.385. The summed E-state index contributed by atoms with van der Waals surface area (Å²) in [5.41, 5.74) is 0.842. The van der Waals surface area contributed by atoms with Gasteiger partial charge in [0, 0.05) is 35.3 Å². The number of hydrogen-bond acceptors (Lipinski definition) is 5. The maximum Gasteiger partial charge on any atom is 0.273 e. The van der Waals surface area contributed by atoms with E-state index in [2.05, 4.69) is 0 Å². The van der Waals surface area contributed by atoms with E-state index in [1.807, 2.05) is 27.7 Å². The fourth-order valence-corrected chi connectivity index (χ4v) is 4.06. The number of aryl methyl sites for hydroxylation is 1. The third-order valence-corrected chi connectivity index (χ3v) is 5.81. The Bertz CT molecular complexity index is 1290. The number of amides is 1. The third-order valence-electron chi connectivity index (χ3n) is 5.58. The number of fused-ring (bicyclic) bond motifs is 1. The van der Waals surface area contributed by atoms with Crippen LogP contribution in [0.3, 0.4) is 0 Å². The SMILES string of the molecule is CCn1c(C(C)N(CC(C)C)C(=O)c2ccc(C)c([N+](=O)[O-])c2)nc2cc(Cl)ccc2c1=O. The van der Waals surface area contributed by atoms with Crippen molar-refractivity contribution in [3.05, 3.63) is 78.8 Å². The molecule has 8 nitrogen and oxygen atoms in total. The van der Waals surface area contributed by atoms with Crippen LogP contribution in [0.4, 0.5) is 5.69 Å². The molecule has 9 heteroatoms. The van der Waals surface area contributed by atoms with Crippen molar-refractivity contribution in [2.45, 2.75) is 47.2 Å². The van der Waals surface area contributed by atoms with Gasteiger partial charge in [0.05, 0.1) is 21.9 Å². The Balaban J connectivity index is 2.15. The summed E-state index contributed by atoms with van der Waals surface area (Å²) in [6, 6.07) is 8.83. The van der Waals surface area contributed by atoms with Gasteiger partial charge >= 0.3 is 0 Å². The van der Waals surface area contributed by atoms with Crippen LogP contribution in [0.1, 0.15) is 55.5 Å². The van der Waals surface area contributed by atoms with Gasteiger partial charge in [0.2, 0.25) is 0 Å². The second-order valence-corrected chi connectivity index (χ2v) is 8.90. The van der Waals surface area contributed by atoms with E-state index >= 15 is 0 Å². The van der Waals surface area contributed by atoms with Crippen molar-refractivity contribution >= 4 is 34.1 Å². The number of aromatic nitrogens is 2. The second kappa shape index (κ2) is 9.70. The summed E-state index contributed by atoms with van der Waals surface area (Å²) in [4.78, 5) is 43.9. The van der Waals surface area contributed by atoms with E-state index in [9.17, 15) is 19.7 Å². The maximum absolute atomic E-state index is 13.6. The first kappa shape index (κ1) is 24.4. The molecule has 0 radical (unpaired) electrons. The van der Waals surface area contributed by atoms with Crippen LogP contribution in [0, 0.1) is 23.0 Å². The number of carbonyl (C=O) groups is 1. The topological polar surface area (TPSA) is 98.3 Å². The number of nitro benzene ring substituents is 1. The molecule has 0 spiro atoms. The lowest BCUT2D eigenvalue weighted by atomic mass is 10.1. The zero-order chi connectivity index (χ0) is 24.4. The highest BCUT2D eigenvalue weighted by Gasteiger charge is 2.28. The van der Waals surface area contributed by atoms with Crippen LogP contribution in [0.2, 0.25) is 5.02 Å².